The summed E-state index contributed by atoms with van der Waals surface area (Å²) in [4.78, 5) is 28.3. The summed E-state index contributed by atoms with van der Waals surface area (Å²) in [7, 11) is 2.05. The van der Waals surface area contributed by atoms with Gasteiger partial charge in [0.25, 0.3) is 0 Å². The van der Waals surface area contributed by atoms with Crippen LogP contribution < -0.4 is 4.90 Å². The van der Waals surface area contributed by atoms with Crippen molar-refractivity contribution in [2.45, 2.75) is 0 Å². The number of pyridine rings is 1. The van der Waals surface area contributed by atoms with Crippen molar-refractivity contribution < 1.29 is 9.90 Å². The molecule has 1 aliphatic rings. The number of aromatic nitrogens is 3. The van der Waals surface area contributed by atoms with Crippen molar-refractivity contribution in [2.75, 3.05) is 38.1 Å². The number of carboxylic acid groups (broad SMARTS) is 1. The number of carboxylic acids is 1. The Morgan fingerprint density at radius 3 is 2.50 bits per heavy atom. The van der Waals surface area contributed by atoms with E-state index in [1.54, 1.807) is 12.4 Å². The van der Waals surface area contributed by atoms with Crippen LogP contribution in [0, 0.1) is 0 Å². The molecule has 0 amide bonds. The maximum absolute atomic E-state index is 11.4. The Morgan fingerprint density at radius 2 is 1.86 bits per heavy atom. The Balaban J connectivity index is 2.00. The summed E-state index contributed by atoms with van der Waals surface area (Å²) in [6.07, 6.45) is 4.72. The van der Waals surface area contributed by atoms with E-state index in [-0.39, 0.29) is 5.56 Å². The van der Waals surface area contributed by atoms with Gasteiger partial charge in [-0.1, -0.05) is 0 Å². The highest BCUT2D eigenvalue weighted by Crippen LogP contribution is 2.23. The average molecular weight is 299 g/mol. The van der Waals surface area contributed by atoms with E-state index in [1.165, 1.54) is 6.20 Å². The molecule has 7 heteroatoms. The van der Waals surface area contributed by atoms with Crippen LogP contribution in [0.1, 0.15) is 10.4 Å². The lowest BCUT2D eigenvalue weighted by molar-refractivity contribution is 0.0696. The molecule has 0 aliphatic carbocycles. The minimum atomic E-state index is -1.00. The van der Waals surface area contributed by atoms with Crippen LogP contribution in [0.4, 0.5) is 5.82 Å². The molecular weight excluding hydrogens is 282 g/mol. The normalized spacial score (nSPS) is 15.8. The highest BCUT2D eigenvalue weighted by atomic mass is 16.4. The summed E-state index contributed by atoms with van der Waals surface area (Å²) < 4.78 is 0. The molecule has 7 nitrogen and oxygen atoms in total. The minimum absolute atomic E-state index is 0.141. The van der Waals surface area contributed by atoms with Crippen LogP contribution in [-0.2, 0) is 0 Å². The Bertz CT molecular complexity index is 669. The number of hydrogen-bond donors (Lipinski definition) is 1. The van der Waals surface area contributed by atoms with Crippen LogP contribution in [0.2, 0.25) is 0 Å². The Kier molecular flexibility index (Phi) is 3.97. The van der Waals surface area contributed by atoms with E-state index < -0.39 is 5.97 Å². The van der Waals surface area contributed by atoms with Crippen molar-refractivity contribution in [3.8, 4) is 11.4 Å². The van der Waals surface area contributed by atoms with E-state index in [0.29, 0.717) is 11.6 Å². The third-order valence-corrected chi connectivity index (χ3v) is 3.74. The molecule has 114 valence electrons. The van der Waals surface area contributed by atoms with Gasteiger partial charge in [0.1, 0.15) is 11.4 Å². The van der Waals surface area contributed by atoms with E-state index >= 15 is 0 Å². The zero-order valence-corrected chi connectivity index (χ0v) is 12.3. The standard InChI is InChI=1S/C15H17N5O2/c1-19-6-8-20(9-7-19)14-12(15(21)22)10-17-13(18-14)11-2-4-16-5-3-11/h2-5,10H,6-9H2,1H3,(H,21,22). The number of anilines is 1. The van der Waals surface area contributed by atoms with Crippen molar-refractivity contribution >= 4 is 11.8 Å². The van der Waals surface area contributed by atoms with E-state index in [1.807, 2.05) is 17.0 Å². The molecule has 0 radical (unpaired) electrons. The molecule has 3 heterocycles. The first-order chi connectivity index (χ1) is 10.6. The van der Waals surface area contributed by atoms with Crippen LogP contribution in [-0.4, -0.2) is 64.2 Å². The summed E-state index contributed by atoms with van der Waals surface area (Å²) >= 11 is 0. The van der Waals surface area contributed by atoms with E-state index in [9.17, 15) is 9.90 Å². The van der Waals surface area contributed by atoms with Gasteiger partial charge in [0.2, 0.25) is 0 Å². The minimum Gasteiger partial charge on any atom is -0.477 e. The van der Waals surface area contributed by atoms with Crippen molar-refractivity contribution in [1.82, 2.24) is 19.9 Å². The van der Waals surface area contributed by atoms with E-state index in [0.717, 1.165) is 31.7 Å². The van der Waals surface area contributed by atoms with E-state index in [2.05, 4.69) is 26.9 Å². The largest absolute Gasteiger partial charge is 0.477 e. The van der Waals surface area contributed by atoms with Crippen molar-refractivity contribution in [3.05, 3.63) is 36.3 Å². The molecule has 2 aromatic rings. The van der Waals surface area contributed by atoms with Gasteiger partial charge < -0.3 is 14.9 Å². The van der Waals surface area contributed by atoms with Gasteiger partial charge in [0, 0.05) is 50.3 Å². The molecule has 1 aliphatic heterocycles. The quantitative estimate of drug-likeness (QED) is 0.905. The average Bonchev–Trinajstić information content (AvgIpc) is 2.56. The summed E-state index contributed by atoms with van der Waals surface area (Å²) in [5.74, 6) is -0.000975. The van der Waals surface area contributed by atoms with Gasteiger partial charge in [0.15, 0.2) is 5.82 Å². The second-order valence-corrected chi connectivity index (χ2v) is 5.26. The summed E-state index contributed by atoms with van der Waals surface area (Å²) in [5, 5.41) is 9.38. The number of hydrogen-bond acceptors (Lipinski definition) is 6. The third-order valence-electron chi connectivity index (χ3n) is 3.74. The molecule has 0 atom stereocenters. The molecule has 1 N–H and O–H groups in total. The number of rotatable bonds is 3. The third kappa shape index (κ3) is 2.89. The van der Waals surface area contributed by atoms with Crippen LogP contribution in [0.3, 0.4) is 0 Å². The lowest BCUT2D eigenvalue weighted by atomic mass is 10.2. The first-order valence-corrected chi connectivity index (χ1v) is 7.09. The fourth-order valence-electron chi connectivity index (χ4n) is 2.42. The highest BCUT2D eigenvalue weighted by Gasteiger charge is 2.22. The van der Waals surface area contributed by atoms with Gasteiger partial charge in [0.05, 0.1) is 0 Å². The predicted molar refractivity (Wildman–Crippen MR) is 81.9 cm³/mol. The van der Waals surface area contributed by atoms with Gasteiger partial charge in [-0.2, -0.15) is 0 Å². The number of aromatic carboxylic acids is 1. The van der Waals surface area contributed by atoms with E-state index in [4.69, 9.17) is 0 Å². The molecule has 1 fully saturated rings. The topological polar surface area (TPSA) is 82.5 Å². The van der Waals surface area contributed by atoms with Crippen LogP contribution in [0.25, 0.3) is 11.4 Å². The van der Waals surface area contributed by atoms with Gasteiger partial charge in [-0.25, -0.2) is 14.8 Å². The van der Waals surface area contributed by atoms with Gasteiger partial charge >= 0.3 is 5.97 Å². The lowest BCUT2D eigenvalue weighted by Gasteiger charge is -2.33. The summed E-state index contributed by atoms with van der Waals surface area (Å²) in [6, 6.07) is 3.62. The Morgan fingerprint density at radius 1 is 1.18 bits per heavy atom. The summed E-state index contributed by atoms with van der Waals surface area (Å²) in [6.45, 7) is 3.27. The molecule has 0 saturated carbocycles. The lowest BCUT2D eigenvalue weighted by Crippen LogP contribution is -2.45. The second kappa shape index (κ2) is 6.07. The molecule has 0 bridgehead atoms. The molecule has 0 unspecified atom stereocenters. The van der Waals surface area contributed by atoms with Crippen molar-refractivity contribution in [3.63, 3.8) is 0 Å². The molecular formula is C15H17N5O2. The zero-order valence-electron chi connectivity index (χ0n) is 12.3. The van der Waals surface area contributed by atoms with Crippen molar-refractivity contribution in [1.29, 1.82) is 0 Å². The van der Waals surface area contributed by atoms with Gasteiger partial charge in [-0.05, 0) is 19.2 Å². The fraction of sp³-hybridized carbons (Fsp3) is 0.333. The first-order valence-electron chi connectivity index (χ1n) is 7.09. The molecule has 2 aromatic heterocycles. The van der Waals surface area contributed by atoms with Gasteiger partial charge in [-0.15, -0.1) is 0 Å². The predicted octanol–water partition coefficient (Wildman–Crippen LogP) is 0.989. The summed E-state index contributed by atoms with van der Waals surface area (Å²) in [5.41, 5.74) is 0.963. The SMILES string of the molecule is CN1CCN(c2nc(-c3ccncc3)ncc2C(=O)O)CC1. The number of piperazine rings is 1. The molecule has 22 heavy (non-hydrogen) atoms. The molecule has 0 aromatic carbocycles. The monoisotopic (exact) mass is 299 g/mol. The second-order valence-electron chi connectivity index (χ2n) is 5.26. The Hall–Kier alpha value is -2.54. The highest BCUT2D eigenvalue weighted by molar-refractivity contribution is 5.93. The number of carbonyl (C=O) groups is 1. The fourth-order valence-corrected chi connectivity index (χ4v) is 2.42. The number of nitrogens with zero attached hydrogens (tertiary/aromatic N) is 5. The smallest absolute Gasteiger partial charge is 0.341 e. The molecule has 0 spiro atoms. The molecule has 3 rings (SSSR count). The Labute approximate surface area is 128 Å². The zero-order chi connectivity index (χ0) is 15.5. The van der Waals surface area contributed by atoms with Crippen molar-refractivity contribution in [2.24, 2.45) is 0 Å². The van der Waals surface area contributed by atoms with Crippen LogP contribution in [0.5, 0.6) is 0 Å². The number of likely N-dealkylation sites (N-methyl/N-ethyl adjacent to an activating group) is 1. The maximum atomic E-state index is 11.4. The van der Waals surface area contributed by atoms with Crippen LogP contribution >= 0.6 is 0 Å². The van der Waals surface area contributed by atoms with Crippen LogP contribution in [0.15, 0.2) is 30.7 Å². The van der Waals surface area contributed by atoms with Gasteiger partial charge in [-0.3, -0.25) is 4.98 Å². The maximum Gasteiger partial charge on any atom is 0.341 e. The molecule has 1 saturated heterocycles. The first kappa shape index (κ1) is 14.4.